The first kappa shape index (κ1) is 20.7. The average molecular weight is 435 g/mol. The largest absolute Gasteiger partial charge is 0.296 e. The summed E-state index contributed by atoms with van der Waals surface area (Å²) in [6, 6.07) is 20.5. The molecule has 1 aliphatic carbocycles. The van der Waals surface area contributed by atoms with Gasteiger partial charge in [0.15, 0.2) is 0 Å². The van der Waals surface area contributed by atoms with Crippen molar-refractivity contribution in [2.45, 2.75) is 43.5 Å². The SMILES string of the molecule is CCN(CCCN1CCc2cccc3c2[C@@H]1CC3)S(=O)(=O)c1cccc2ccccc12. The van der Waals surface area contributed by atoms with E-state index in [0.717, 1.165) is 36.7 Å². The van der Waals surface area contributed by atoms with Crippen molar-refractivity contribution in [1.82, 2.24) is 9.21 Å². The van der Waals surface area contributed by atoms with Gasteiger partial charge in [0, 0.05) is 37.6 Å². The maximum Gasteiger partial charge on any atom is 0.243 e. The molecule has 0 saturated carbocycles. The molecule has 0 radical (unpaired) electrons. The van der Waals surface area contributed by atoms with Crippen molar-refractivity contribution in [2.24, 2.45) is 0 Å². The second kappa shape index (κ2) is 8.38. The predicted octanol–water partition coefficient (Wildman–Crippen LogP) is 4.79. The Labute approximate surface area is 185 Å². The number of hydrogen-bond acceptors (Lipinski definition) is 3. The molecule has 0 N–H and O–H groups in total. The van der Waals surface area contributed by atoms with Gasteiger partial charge < -0.3 is 0 Å². The number of fused-ring (bicyclic) bond motifs is 1. The van der Waals surface area contributed by atoms with E-state index in [9.17, 15) is 8.42 Å². The molecule has 1 atom stereocenters. The monoisotopic (exact) mass is 434 g/mol. The van der Waals surface area contributed by atoms with Crippen LogP contribution in [0.5, 0.6) is 0 Å². The first-order chi connectivity index (χ1) is 15.1. The molecule has 0 spiro atoms. The number of nitrogens with zero attached hydrogens (tertiary/aromatic N) is 2. The van der Waals surface area contributed by atoms with Crippen LogP contribution in [-0.4, -0.2) is 43.8 Å². The van der Waals surface area contributed by atoms with Gasteiger partial charge >= 0.3 is 0 Å². The van der Waals surface area contributed by atoms with Crippen LogP contribution in [0.4, 0.5) is 0 Å². The van der Waals surface area contributed by atoms with E-state index in [0.29, 0.717) is 24.0 Å². The van der Waals surface area contributed by atoms with Gasteiger partial charge in [0.2, 0.25) is 10.0 Å². The fourth-order valence-corrected chi connectivity index (χ4v) is 7.18. The summed E-state index contributed by atoms with van der Waals surface area (Å²) in [7, 11) is -3.52. The molecule has 1 aliphatic heterocycles. The summed E-state index contributed by atoms with van der Waals surface area (Å²) >= 11 is 0. The maximum absolute atomic E-state index is 13.5. The summed E-state index contributed by atoms with van der Waals surface area (Å²) < 4.78 is 28.6. The lowest BCUT2D eigenvalue weighted by Crippen LogP contribution is -2.38. The Morgan fingerprint density at radius 1 is 0.968 bits per heavy atom. The van der Waals surface area contributed by atoms with Crippen LogP contribution in [0.1, 0.15) is 42.5 Å². The Balaban J connectivity index is 1.30. The van der Waals surface area contributed by atoms with E-state index in [1.807, 2.05) is 43.3 Å². The lowest BCUT2D eigenvalue weighted by Gasteiger charge is -2.35. The van der Waals surface area contributed by atoms with Crippen LogP contribution in [-0.2, 0) is 22.9 Å². The van der Waals surface area contributed by atoms with E-state index in [-0.39, 0.29) is 0 Å². The van der Waals surface area contributed by atoms with Gasteiger partial charge in [-0.15, -0.1) is 0 Å². The fraction of sp³-hybridized carbons (Fsp3) is 0.385. The van der Waals surface area contributed by atoms with Gasteiger partial charge in [-0.2, -0.15) is 4.31 Å². The summed E-state index contributed by atoms with van der Waals surface area (Å²) in [5.41, 5.74) is 4.59. The molecule has 3 aromatic carbocycles. The van der Waals surface area contributed by atoms with Crippen LogP contribution in [0.2, 0.25) is 0 Å². The van der Waals surface area contributed by atoms with Gasteiger partial charge in [-0.3, -0.25) is 4.90 Å². The van der Waals surface area contributed by atoms with Crippen molar-refractivity contribution < 1.29 is 8.42 Å². The molecule has 0 saturated heterocycles. The minimum absolute atomic E-state index is 0.416. The Morgan fingerprint density at radius 3 is 2.55 bits per heavy atom. The van der Waals surface area contributed by atoms with Crippen LogP contribution in [0.25, 0.3) is 10.8 Å². The molecule has 0 unspecified atom stereocenters. The van der Waals surface area contributed by atoms with Crippen molar-refractivity contribution in [3.63, 3.8) is 0 Å². The van der Waals surface area contributed by atoms with Crippen molar-refractivity contribution in [1.29, 1.82) is 0 Å². The summed E-state index contributed by atoms with van der Waals surface area (Å²) in [5, 5.41) is 1.76. The van der Waals surface area contributed by atoms with Gasteiger partial charge in [-0.1, -0.05) is 61.5 Å². The molecule has 31 heavy (non-hydrogen) atoms. The molecule has 0 fully saturated rings. The van der Waals surface area contributed by atoms with E-state index in [1.54, 1.807) is 15.9 Å². The summed E-state index contributed by atoms with van der Waals surface area (Å²) in [6.07, 6.45) is 4.32. The third-order valence-electron chi connectivity index (χ3n) is 6.99. The molecule has 5 rings (SSSR count). The van der Waals surface area contributed by atoms with E-state index >= 15 is 0 Å². The number of rotatable bonds is 7. The zero-order valence-electron chi connectivity index (χ0n) is 18.1. The minimum Gasteiger partial charge on any atom is -0.296 e. The van der Waals surface area contributed by atoms with Crippen LogP contribution < -0.4 is 0 Å². The van der Waals surface area contributed by atoms with Crippen molar-refractivity contribution in [3.8, 4) is 0 Å². The van der Waals surface area contributed by atoms with Gasteiger partial charge in [0.1, 0.15) is 0 Å². The molecular formula is C26H30N2O2S. The van der Waals surface area contributed by atoms with Crippen LogP contribution >= 0.6 is 0 Å². The zero-order chi connectivity index (χ0) is 21.4. The summed E-state index contributed by atoms with van der Waals surface area (Å²) in [6.45, 7) is 4.99. The first-order valence-electron chi connectivity index (χ1n) is 11.4. The Bertz CT molecular complexity index is 1200. The van der Waals surface area contributed by atoms with E-state index < -0.39 is 10.0 Å². The van der Waals surface area contributed by atoms with E-state index in [4.69, 9.17) is 0 Å². The quantitative estimate of drug-likeness (QED) is 0.537. The Hall–Kier alpha value is -2.21. The molecule has 5 heteroatoms. The lowest BCUT2D eigenvalue weighted by molar-refractivity contribution is 0.179. The van der Waals surface area contributed by atoms with Crippen LogP contribution in [0.15, 0.2) is 65.6 Å². The van der Waals surface area contributed by atoms with Crippen molar-refractivity contribution >= 4 is 20.8 Å². The second-order valence-corrected chi connectivity index (χ2v) is 10.6. The van der Waals surface area contributed by atoms with E-state index in [1.165, 1.54) is 24.0 Å². The third-order valence-corrected chi connectivity index (χ3v) is 9.02. The summed E-state index contributed by atoms with van der Waals surface area (Å²) in [5.74, 6) is 0. The molecular weight excluding hydrogens is 404 g/mol. The first-order valence-corrected chi connectivity index (χ1v) is 12.9. The average Bonchev–Trinajstić information content (AvgIpc) is 3.23. The topological polar surface area (TPSA) is 40.6 Å². The predicted molar refractivity (Wildman–Crippen MR) is 126 cm³/mol. The van der Waals surface area contributed by atoms with Gasteiger partial charge in [0.05, 0.1) is 4.90 Å². The van der Waals surface area contributed by atoms with Gasteiger partial charge in [-0.25, -0.2) is 8.42 Å². The number of benzene rings is 3. The fourth-order valence-electron chi connectivity index (χ4n) is 5.48. The van der Waals surface area contributed by atoms with Crippen LogP contribution in [0.3, 0.4) is 0 Å². The molecule has 3 aromatic rings. The maximum atomic E-state index is 13.5. The number of aryl methyl sites for hydroxylation is 1. The molecule has 0 amide bonds. The van der Waals surface area contributed by atoms with Crippen molar-refractivity contribution in [3.05, 3.63) is 77.4 Å². The Morgan fingerprint density at radius 2 is 1.71 bits per heavy atom. The highest BCUT2D eigenvalue weighted by Gasteiger charge is 2.33. The molecule has 4 nitrogen and oxygen atoms in total. The smallest absolute Gasteiger partial charge is 0.243 e. The highest BCUT2D eigenvalue weighted by molar-refractivity contribution is 7.89. The molecule has 1 heterocycles. The van der Waals surface area contributed by atoms with Crippen molar-refractivity contribution in [2.75, 3.05) is 26.2 Å². The van der Waals surface area contributed by atoms with Gasteiger partial charge in [0.25, 0.3) is 0 Å². The molecule has 0 aromatic heterocycles. The normalized spacial score (nSPS) is 18.6. The highest BCUT2D eigenvalue weighted by atomic mass is 32.2. The molecule has 0 bridgehead atoms. The highest BCUT2D eigenvalue weighted by Crippen LogP contribution is 2.41. The minimum atomic E-state index is -3.52. The van der Waals surface area contributed by atoms with Crippen LogP contribution in [0, 0.1) is 0 Å². The number of sulfonamides is 1. The number of hydrogen-bond donors (Lipinski definition) is 0. The van der Waals surface area contributed by atoms with E-state index in [2.05, 4.69) is 23.1 Å². The summed E-state index contributed by atoms with van der Waals surface area (Å²) in [4.78, 5) is 3.00. The Kier molecular flexibility index (Phi) is 5.59. The second-order valence-electron chi connectivity index (χ2n) is 8.66. The molecule has 162 valence electrons. The zero-order valence-corrected chi connectivity index (χ0v) is 18.9. The standard InChI is InChI=1S/C26H30N2O2S/c1-2-28(31(29,30)25-13-6-9-20-8-3-4-12-23(20)25)18-7-17-27-19-16-22-11-5-10-21-14-15-24(27)26(21)22/h3-6,8-13,24H,2,7,14-19H2,1H3/t24-/m0/s1. The molecule has 2 aliphatic rings. The third kappa shape index (κ3) is 3.69. The lowest BCUT2D eigenvalue weighted by atomic mass is 9.93. The van der Waals surface area contributed by atoms with Gasteiger partial charge in [-0.05, 0) is 53.8 Å².